The van der Waals surface area contributed by atoms with Gasteiger partial charge in [-0.25, -0.2) is 15.0 Å². The summed E-state index contributed by atoms with van der Waals surface area (Å²) in [4.78, 5) is 24.8. The van der Waals surface area contributed by atoms with E-state index in [2.05, 4.69) is 25.6 Å². The normalized spacial score (nSPS) is 24.5. The minimum absolute atomic E-state index is 0.387. The molecule has 0 aliphatic carbocycles. The largest absolute Gasteiger partial charge is 0.467 e. The average Bonchev–Trinajstić information content (AvgIpc) is 3.41. The van der Waals surface area contributed by atoms with E-state index in [-0.39, 0.29) is 0 Å². The summed E-state index contributed by atoms with van der Waals surface area (Å²) in [6.07, 6.45) is -0.526. The summed E-state index contributed by atoms with van der Waals surface area (Å²) >= 11 is 0. The van der Waals surface area contributed by atoms with Gasteiger partial charge in [0.2, 0.25) is 0 Å². The van der Waals surface area contributed by atoms with Gasteiger partial charge in [-0.2, -0.15) is 0 Å². The van der Waals surface area contributed by atoms with Crippen molar-refractivity contribution >= 4 is 22.9 Å². The van der Waals surface area contributed by atoms with E-state index in [0.29, 0.717) is 30.1 Å². The van der Waals surface area contributed by atoms with Crippen molar-refractivity contribution in [2.75, 3.05) is 11.9 Å². The van der Waals surface area contributed by atoms with Crippen LogP contribution in [-0.4, -0.2) is 60.5 Å². The third-order valence-electron chi connectivity index (χ3n) is 4.49. The second-order valence-corrected chi connectivity index (χ2v) is 6.30. The molecule has 4 rings (SSSR count). The maximum Gasteiger partial charge on any atom is 0.252 e. The average molecular weight is 388 g/mol. The molecule has 4 heterocycles. The van der Waals surface area contributed by atoms with Gasteiger partial charge in [0.05, 0.1) is 19.1 Å². The molecule has 0 radical (unpaired) electrons. The fraction of sp³-hybridized carbons (Fsp3) is 0.412. The SMILES string of the molecule is CCNC(=O)C1OC(n2cnc3c(NCc4ccco4)ncnc32)C(O)C1O. The first-order chi connectivity index (χ1) is 13.6. The molecule has 11 heteroatoms. The number of aliphatic hydroxyl groups is 2. The summed E-state index contributed by atoms with van der Waals surface area (Å²) < 4.78 is 12.4. The summed E-state index contributed by atoms with van der Waals surface area (Å²) in [6.45, 7) is 2.55. The van der Waals surface area contributed by atoms with Gasteiger partial charge in [0.15, 0.2) is 29.3 Å². The van der Waals surface area contributed by atoms with E-state index in [0.717, 1.165) is 5.76 Å². The van der Waals surface area contributed by atoms with Crippen molar-refractivity contribution in [3.8, 4) is 0 Å². The smallest absolute Gasteiger partial charge is 0.252 e. The molecular formula is C17H20N6O5. The number of likely N-dealkylation sites (N-methyl/N-ethyl adjacent to an activating group) is 1. The van der Waals surface area contributed by atoms with Crippen LogP contribution in [0.2, 0.25) is 0 Å². The molecule has 1 amide bonds. The van der Waals surface area contributed by atoms with Gasteiger partial charge in [0.1, 0.15) is 24.3 Å². The van der Waals surface area contributed by atoms with Gasteiger partial charge in [0.25, 0.3) is 5.91 Å². The fourth-order valence-electron chi connectivity index (χ4n) is 3.13. The second kappa shape index (κ2) is 7.54. The molecular weight excluding hydrogens is 368 g/mol. The number of furan rings is 1. The maximum absolute atomic E-state index is 12.1. The summed E-state index contributed by atoms with van der Waals surface area (Å²) in [7, 11) is 0. The number of anilines is 1. The van der Waals surface area contributed by atoms with Crippen LogP contribution >= 0.6 is 0 Å². The zero-order valence-corrected chi connectivity index (χ0v) is 15.0. The van der Waals surface area contributed by atoms with Crippen LogP contribution in [0.5, 0.6) is 0 Å². The predicted molar refractivity (Wildman–Crippen MR) is 96.0 cm³/mol. The van der Waals surface area contributed by atoms with Gasteiger partial charge in [-0.05, 0) is 19.1 Å². The van der Waals surface area contributed by atoms with Crippen LogP contribution in [0.1, 0.15) is 18.9 Å². The highest BCUT2D eigenvalue weighted by Gasteiger charge is 2.47. The highest BCUT2D eigenvalue weighted by Crippen LogP contribution is 2.32. The number of fused-ring (bicyclic) bond motifs is 1. The van der Waals surface area contributed by atoms with E-state index in [9.17, 15) is 15.0 Å². The fourth-order valence-corrected chi connectivity index (χ4v) is 3.13. The van der Waals surface area contributed by atoms with E-state index >= 15 is 0 Å². The lowest BCUT2D eigenvalue weighted by Crippen LogP contribution is -2.42. The molecule has 0 bridgehead atoms. The summed E-state index contributed by atoms with van der Waals surface area (Å²) in [5, 5.41) is 26.3. The molecule has 0 aromatic carbocycles. The summed E-state index contributed by atoms with van der Waals surface area (Å²) in [5.74, 6) is 0.721. The van der Waals surface area contributed by atoms with E-state index in [1.807, 2.05) is 6.07 Å². The minimum Gasteiger partial charge on any atom is -0.467 e. The lowest BCUT2D eigenvalue weighted by Gasteiger charge is -2.16. The lowest BCUT2D eigenvalue weighted by molar-refractivity contribution is -0.137. The van der Waals surface area contributed by atoms with E-state index in [1.54, 1.807) is 19.3 Å². The number of ether oxygens (including phenoxy) is 1. The van der Waals surface area contributed by atoms with E-state index < -0.39 is 30.4 Å². The van der Waals surface area contributed by atoms with Crippen molar-refractivity contribution in [3.05, 3.63) is 36.8 Å². The Balaban J connectivity index is 1.59. The number of nitrogens with one attached hydrogen (secondary N) is 2. The number of imidazole rings is 1. The Hall–Kier alpha value is -3.02. The van der Waals surface area contributed by atoms with Crippen molar-refractivity contribution in [2.24, 2.45) is 0 Å². The number of carbonyl (C=O) groups is 1. The number of aromatic nitrogens is 4. The summed E-state index contributed by atoms with van der Waals surface area (Å²) in [6, 6.07) is 3.62. The number of carbonyl (C=O) groups excluding carboxylic acids is 1. The van der Waals surface area contributed by atoms with Crippen LogP contribution in [0, 0.1) is 0 Å². The number of rotatable bonds is 6. The maximum atomic E-state index is 12.1. The zero-order valence-electron chi connectivity index (χ0n) is 15.0. The molecule has 148 valence electrons. The quantitative estimate of drug-likeness (QED) is 0.450. The van der Waals surface area contributed by atoms with Gasteiger partial charge >= 0.3 is 0 Å². The van der Waals surface area contributed by atoms with Gasteiger partial charge < -0.3 is 30.0 Å². The van der Waals surface area contributed by atoms with Crippen LogP contribution in [-0.2, 0) is 16.1 Å². The molecule has 1 aliphatic rings. The minimum atomic E-state index is -1.37. The van der Waals surface area contributed by atoms with Gasteiger partial charge in [-0.3, -0.25) is 9.36 Å². The molecule has 3 aromatic rings. The third-order valence-corrected chi connectivity index (χ3v) is 4.49. The van der Waals surface area contributed by atoms with E-state index in [1.165, 1.54) is 17.2 Å². The van der Waals surface area contributed by atoms with Crippen molar-refractivity contribution < 1.29 is 24.2 Å². The first-order valence-electron chi connectivity index (χ1n) is 8.83. The molecule has 4 N–H and O–H groups in total. The molecule has 1 fully saturated rings. The Morgan fingerprint density at radius 2 is 2.14 bits per heavy atom. The van der Waals surface area contributed by atoms with E-state index in [4.69, 9.17) is 9.15 Å². The molecule has 1 aliphatic heterocycles. The molecule has 0 saturated carbocycles. The molecule has 4 unspecified atom stereocenters. The van der Waals surface area contributed by atoms with Gasteiger partial charge in [0, 0.05) is 6.54 Å². The van der Waals surface area contributed by atoms with Crippen molar-refractivity contribution in [1.29, 1.82) is 0 Å². The van der Waals surface area contributed by atoms with Crippen LogP contribution < -0.4 is 10.6 Å². The number of amides is 1. The Bertz CT molecular complexity index is 958. The van der Waals surface area contributed by atoms with Crippen molar-refractivity contribution in [3.63, 3.8) is 0 Å². The Morgan fingerprint density at radius 3 is 2.89 bits per heavy atom. The number of hydrogen-bond acceptors (Lipinski definition) is 9. The number of aliphatic hydroxyl groups excluding tert-OH is 2. The first kappa shape index (κ1) is 18.3. The number of nitrogens with zero attached hydrogens (tertiary/aromatic N) is 4. The molecule has 28 heavy (non-hydrogen) atoms. The van der Waals surface area contributed by atoms with Crippen LogP contribution in [0.3, 0.4) is 0 Å². The molecule has 11 nitrogen and oxygen atoms in total. The highest BCUT2D eigenvalue weighted by atomic mass is 16.6. The molecule has 3 aromatic heterocycles. The first-order valence-corrected chi connectivity index (χ1v) is 8.83. The Labute approximate surface area is 159 Å². The van der Waals surface area contributed by atoms with Gasteiger partial charge in [-0.15, -0.1) is 0 Å². The van der Waals surface area contributed by atoms with Gasteiger partial charge in [-0.1, -0.05) is 0 Å². The predicted octanol–water partition coefficient (Wildman–Crippen LogP) is -0.213. The van der Waals surface area contributed by atoms with Crippen LogP contribution in [0.15, 0.2) is 35.5 Å². The second-order valence-electron chi connectivity index (χ2n) is 6.30. The highest BCUT2D eigenvalue weighted by molar-refractivity contribution is 5.83. The number of hydrogen-bond donors (Lipinski definition) is 4. The van der Waals surface area contributed by atoms with Crippen LogP contribution in [0.25, 0.3) is 11.2 Å². The third kappa shape index (κ3) is 3.19. The van der Waals surface area contributed by atoms with Crippen molar-refractivity contribution in [2.45, 2.75) is 38.0 Å². The standard InChI is InChI=1S/C17H20N6O5/c1-2-18-16(26)13-11(24)12(25)17(28-13)23-8-22-10-14(20-7-21-15(10)23)19-6-9-4-3-5-27-9/h3-5,7-8,11-13,17,24-25H,2,6H2,1H3,(H,18,26)(H,19,20,21). The molecule has 1 saturated heterocycles. The Kier molecular flexibility index (Phi) is 4.94. The molecule has 4 atom stereocenters. The summed E-state index contributed by atoms with van der Waals surface area (Å²) in [5.41, 5.74) is 0.852. The van der Waals surface area contributed by atoms with Crippen molar-refractivity contribution in [1.82, 2.24) is 24.8 Å². The zero-order chi connectivity index (χ0) is 19.7. The topological polar surface area (TPSA) is 148 Å². The monoisotopic (exact) mass is 388 g/mol. The lowest BCUT2D eigenvalue weighted by atomic mass is 10.1. The Morgan fingerprint density at radius 1 is 1.29 bits per heavy atom. The molecule has 0 spiro atoms. The van der Waals surface area contributed by atoms with Crippen LogP contribution in [0.4, 0.5) is 5.82 Å².